The number of hydrogen-bond donors (Lipinski definition) is 0. The standard InChI is InChI=1S/C12H10N2/c1-8-9-4-2-6-13-11(9)12-10(8)5-3-7-14-12/h2-8H,1H3. The Morgan fingerprint density at radius 1 is 0.929 bits per heavy atom. The molecule has 0 atom stereocenters. The van der Waals surface area contributed by atoms with Crippen molar-refractivity contribution in [1.82, 2.24) is 9.97 Å². The Labute approximate surface area is 82.7 Å². The van der Waals surface area contributed by atoms with Crippen LogP contribution >= 0.6 is 0 Å². The molecule has 2 nitrogen and oxygen atoms in total. The summed E-state index contributed by atoms with van der Waals surface area (Å²) in [5.74, 6) is 0.433. The third-order valence-corrected chi connectivity index (χ3v) is 2.84. The minimum atomic E-state index is 0.433. The van der Waals surface area contributed by atoms with Gasteiger partial charge in [-0.25, -0.2) is 0 Å². The monoisotopic (exact) mass is 182 g/mol. The van der Waals surface area contributed by atoms with Crippen LogP contribution in [0.1, 0.15) is 24.0 Å². The number of rotatable bonds is 0. The highest BCUT2D eigenvalue weighted by atomic mass is 14.8. The maximum atomic E-state index is 4.39. The Morgan fingerprint density at radius 3 is 1.93 bits per heavy atom. The minimum absolute atomic E-state index is 0.433. The molecular formula is C12H10N2. The van der Waals surface area contributed by atoms with Gasteiger partial charge in [0.15, 0.2) is 0 Å². The summed E-state index contributed by atoms with van der Waals surface area (Å²) in [6, 6.07) is 8.24. The average molecular weight is 182 g/mol. The molecule has 2 heteroatoms. The molecule has 0 radical (unpaired) electrons. The second-order valence-electron chi connectivity index (χ2n) is 3.60. The van der Waals surface area contributed by atoms with E-state index in [9.17, 15) is 0 Å². The minimum Gasteiger partial charge on any atom is -0.254 e. The Bertz CT molecular complexity index is 446. The normalized spacial score (nSPS) is 13.8. The Morgan fingerprint density at radius 2 is 1.43 bits per heavy atom. The summed E-state index contributed by atoms with van der Waals surface area (Å²) in [4.78, 5) is 8.78. The van der Waals surface area contributed by atoms with Gasteiger partial charge in [-0.1, -0.05) is 19.1 Å². The molecule has 0 fully saturated rings. The molecule has 1 aliphatic rings. The summed E-state index contributed by atoms with van der Waals surface area (Å²) in [7, 11) is 0. The van der Waals surface area contributed by atoms with Gasteiger partial charge in [0, 0.05) is 18.3 Å². The number of aromatic nitrogens is 2. The molecule has 0 saturated heterocycles. The molecule has 2 aromatic rings. The molecule has 0 unspecified atom stereocenters. The molecule has 2 heterocycles. The first kappa shape index (κ1) is 7.68. The number of fused-ring (bicyclic) bond motifs is 3. The van der Waals surface area contributed by atoms with E-state index in [1.54, 1.807) is 0 Å². The van der Waals surface area contributed by atoms with Crippen LogP contribution in [0.25, 0.3) is 11.4 Å². The van der Waals surface area contributed by atoms with Gasteiger partial charge in [0.25, 0.3) is 0 Å². The molecule has 0 N–H and O–H groups in total. The number of pyridine rings is 2. The predicted octanol–water partition coefficient (Wildman–Crippen LogP) is 2.61. The molecule has 3 rings (SSSR count). The van der Waals surface area contributed by atoms with Crippen LogP contribution in [0.3, 0.4) is 0 Å². The fourth-order valence-electron chi connectivity index (χ4n) is 2.10. The molecule has 14 heavy (non-hydrogen) atoms. The van der Waals surface area contributed by atoms with Crippen LogP contribution in [-0.2, 0) is 0 Å². The van der Waals surface area contributed by atoms with Crippen LogP contribution in [0.15, 0.2) is 36.7 Å². The first-order chi connectivity index (χ1) is 6.88. The van der Waals surface area contributed by atoms with Gasteiger partial charge in [-0.15, -0.1) is 0 Å². The summed E-state index contributed by atoms with van der Waals surface area (Å²) in [5.41, 5.74) is 4.69. The van der Waals surface area contributed by atoms with Crippen molar-refractivity contribution >= 4 is 0 Å². The zero-order chi connectivity index (χ0) is 9.54. The molecular weight excluding hydrogens is 172 g/mol. The molecule has 0 bridgehead atoms. The molecule has 2 aromatic heterocycles. The molecule has 0 amide bonds. The second kappa shape index (κ2) is 2.64. The van der Waals surface area contributed by atoms with E-state index in [1.807, 2.05) is 24.5 Å². The highest BCUT2D eigenvalue weighted by Crippen LogP contribution is 2.41. The first-order valence-corrected chi connectivity index (χ1v) is 4.78. The van der Waals surface area contributed by atoms with Crippen LogP contribution in [-0.4, -0.2) is 9.97 Å². The van der Waals surface area contributed by atoms with Crippen molar-refractivity contribution in [2.24, 2.45) is 0 Å². The molecule has 0 saturated carbocycles. The molecule has 0 aromatic carbocycles. The van der Waals surface area contributed by atoms with Crippen LogP contribution in [0.4, 0.5) is 0 Å². The van der Waals surface area contributed by atoms with Crippen LogP contribution < -0.4 is 0 Å². The molecule has 0 spiro atoms. The lowest BCUT2D eigenvalue weighted by atomic mass is 10.0. The van der Waals surface area contributed by atoms with Crippen molar-refractivity contribution in [3.05, 3.63) is 47.8 Å². The zero-order valence-electron chi connectivity index (χ0n) is 7.94. The Balaban J connectivity index is 2.36. The van der Waals surface area contributed by atoms with Gasteiger partial charge in [-0.3, -0.25) is 9.97 Å². The summed E-state index contributed by atoms with van der Waals surface area (Å²) in [5, 5.41) is 0. The summed E-state index contributed by atoms with van der Waals surface area (Å²) >= 11 is 0. The van der Waals surface area contributed by atoms with E-state index in [0.29, 0.717) is 5.92 Å². The van der Waals surface area contributed by atoms with Crippen molar-refractivity contribution in [3.63, 3.8) is 0 Å². The zero-order valence-corrected chi connectivity index (χ0v) is 7.94. The van der Waals surface area contributed by atoms with Gasteiger partial charge in [-0.2, -0.15) is 0 Å². The van der Waals surface area contributed by atoms with E-state index in [2.05, 4.69) is 29.0 Å². The summed E-state index contributed by atoms with van der Waals surface area (Å²) < 4.78 is 0. The van der Waals surface area contributed by atoms with E-state index in [4.69, 9.17) is 0 Å². The van der Waals surface area contributed by atoms with Crippen molar-refractivity contribution in [2.45, 2.75) is 12.8 Å². The van der Waals surface area contributed by atoms with E-state index in [1.165, 1.54) is 11.1 Å². The Hall–Kier alpha value is -1.70. The summed E-state index contributed by atoms with van der Waals surface area (Å²) in [6.07, 6.45) is 3.66. The molecule has 1 aliphatic carbocycles. The SMILES string of the molecule is CC1c2cccnc2-c2ncccc21. The molecule has 68 valence electrons. The van der Waals surface area contributed by atoms with Crippen LogP contribution in [0.2, 0.25) is 0 Å². The first-order valence-electron chi connectivity index (χ1n) is 4.78. The fourth-order valence-corrected chi connectivity index (χ4v) is 2.10. The smallest absolute Gasteiger partial charge is 0.0927 e. The van der Waals surface area contributed by atoms with Crippen LogP contribution in [0.5, 0.6) is 0 Å². The van der Waals surface area contributed by atoms with Gasteiger partial charge in [0.2, 0.25) is 0 Å². The van der Waals surface area contributed by atoms with Gasteiger partial charge in [-0.05, 0) is 23.3 Å². The van der Waals surface area contributed by atoms with Crippen molar-refractivity contribution in [2.75, 3.05) is 0 Å². The third-order valence-electron chi connectivity index (χ3n) is 2.84. The topological polar surface area (TPSA) is 25.8 Å². The van der Waals surface area contributed by atoms with Gasteiger partial charge < -0.3 is 0 Å². The lowest BCUT2D eigenvalue weighted by Gasteiger charge is -2.03. The highest BCUT2D eigenvalue weighted by molar-refractivity contribution is 5.71. The van der Waals surface area contributed by atoms with Gasteiger partial charge in [0.05, 0.1) is 11.4 Å². The maximum absolute atomic E-state index is 4.39. The van der Waals surface area contributed by atoms with Gasteiger partial charge >= 0.3 is 0 Å². The molecule has 0 aliphatic heterocycles. The Kier molecular flexibility index (Phi) is 1.45. The van der Waals surface area contributed by atoms with Gasteiger partial charge in [0.1, 0.15) is 0 Å². The number of hydrogen-bond acceptors (Lipinski definition) is 2. The maximum Gasteiger partial charge on any atom is 0.0927 e. The predicted molar refractivity (Wildman–Crippen MR) is 55.0 cm³/mol. The fraction of sp³-hybridized carbons (Fsp3) is 0.167. The second-order valence-corrected chi connectivity index (χ2v) is 3.60. The van der Waals surface area contributed by atoms with Crippen molar-refractivity contribution in [1.29, 1.82) is 0 Å². The van der Waals surface area contributed by atoms with Crippen LogP contribution in [0, 0.1) is 0 Å². The van der Waals surface area contributed by atoms with Crippen molar-refractivity contribution in [3.8, 4) is 11.4 Å². The van der Waals surface area contributed by atoms with E-state index in [0.717, 1.165) is 11.4 Å². The lowest BCUT2D eigenvalue weighted by Crippen LogP contribution is -1.89. The number of nitrogens with zero attached hydrogens (tertiary/aromatic N) is 2. The van der Waals surface area contributed by atoms with E-state index in [-0.39, 0.29) is 0 Å². The highest BCUT2D eigenvalue weighted by Gasteiger charge is 2.26. The van der Waals surface area contributed by atoms with Crippen molar-refractivity contribution < 1.29 is 0 Å². The van der Waals surface area contributed by atoms with E-state index < -0.39 is 0 Å². The quantitative estimate of drug-likeness (QED) is 0.625. The summed E-state index contributed by atoms with van der Waals surface area (Å²) in [6.45, 7) is 2.20. The average Bonchev–Trinajstić information content (AvgIpc) is 2.55. The largest absolute Gasteiger partial charge is 0.254 e. The van der Waals surface area contributed by atoms with E-state index >= 15 is 0 Å². The third kappa shape index (κ3) is 0.854. The lowest BCUT2D eigenvalue weighted by molar-refractivity contribution is 0.948.